The summed E-state index contributed by atoms with van der Waals surface area (Å²) in [5.41, 5.74) is 25.8. The molecular weight excluding hydrogens is 1170 g/mol. The Morgan fingerprint density at radius 3 is 0.896 bits per heavy atom. The van der Waals surface area contributed by atoms with Gasteiger partial charge in [-0.3, -0.25) is 0 Å². The van der Waals surface area contributed by atoms with Crippen LogP contribution in [0.4, 0.5) is 0 Å². The maximum absolute atomic E-state index is 4.59. The number of rotatable bonds is 20. The Morgan fingerprint density at radius 1 is 0.250 bits per heavy atom. The van der Waals surface area contributed by atoms with Gasteiger partial charge in [-0.15, -0.1) is 0 Å². The van der Waals surface area contributed by atoms with E-state index in [0.717, 1.165) is 92.8 Å². The van der Waals surface area contributed by atoms with Crippen molar-refractivity contribution < 1.29 is 0 Å². The first kappa shape index (κ1) is 97.6. The number of hydrogen-bond acceptors (Lipinski definition) is 10. The smallest absolute Gasteiger partial charge is 0.0649 e. The van der Waals surface area contributed by atoms with E-state index in [1.54, 1.807) is 0 Å². The van der Waals surface area contributed by atoms with E-state index in [1.807, 2.05) is 179 Å². The Labute approximate surface area is 595 Å². The number of fused-ring (bicyclic) bond motifs is 1. The Hall–Kier alpha value is -7.07. The van der Waals surface area contributed by atoms with Crippen molar-refractivity contribution in [3.05, 3.63) is 187 Å². The molecule has 0 unspecified atom stereocenters. The highest BCUT2D eigenvalue weighted by molar-refractivity contribution is 6.05. The van der Waals surface area contributed by atoms with Crippen LogP contribution in [-0.4, -0.2) is 124 Å². The minimum absolute atomic E-state index is 1.03. The molecule has 0 saturated heterocycles. The standard InChI is InChI=1S/C18H24N2.4C14H22N2.6C2H6/c1-6-14-12-18(13(3)19-20(4)5)15(7-2)17-11-9-8-10-16(14)17;1-6-12-8-13(7-2)10-14(9-12)11(3)15-16(4)5;2*1-6-12-8-9-14(13(7-2)10-12)11(3)15-16(4)5;1-6-12-9-8-10-14(13(12)7-2)11(3)15-16(4)5;6*1-2/h8-12H,6-7H2,1-5H3;4*8-10H,6-7H2,1-5H3;6*1-2H3/b19-13+;4*15-11+;;;;;;. The number of hydrogen-bond donors (Lipinski definition) is 0. The minimum Gasteiger partial charge on any atom is -0.303 e. The lowest BCUT2D eigenvalue weighted by Crippen LogP contribution is -2.10. The van der Waals surface area contributed by atoms with Crippen LogP contribution in [0.25, 0.3) is 10.8 Å². The predicted octanol–water partition coefficient (Wildman–Crippen LogP) is 22.8. The van der Waals surface area contributed by atoms with Crippen molar-refractivity contribution in [2.24, 2.45) is 25.5 Å². The SMILES string of the molecule is CC.CC.CC.CC.CC.CC.CCc1cc(/C(C)=N/N(C)C)c(CC)c2ccccc12.CCc1cc(CC)cc(/C(C)=N/N(C)C)c1.CCc1ccc(/C(C)=N/N(C)C)c(CC)c1.CCc1ccc(/C(C)=N/N(C)C)c(CC)c1.CCc1cccc(/C(C)=N/N(C)C)c1CC. The van der Waals surface area contributed by atoms with E-state index >= 15 is 0 Å². The molecule has 6 aromatic carbocycles. The van der Waals surface area contributed by atoms with E-state index in [9.17, 15) is 0 Å². The maximum atomic E-state index is 4.59. The molecule has 0 fully saturated rings. The zero-order valence-corrected chi connectivity index (χ0v) is 69.4. The summed E-state index contributed by atoms with van der Waals surface area (Å²) in [5, 5.41) is 34.5. The highest BCUT2D eigenvalue weighted by Crippen LogP contribution is 2.28. The van der Waals surface area contributed by atoms with Gasteiger partial charge in [0.15, 0.2) is 0 Å². The van der Waals surface area contributed by atoms with Crippen molar-refractivity contribution in [2.75, 3.05) is 70.5 Å². The molecule has 0 saturated carbocycles. The first-order valence-corrected chi connectivity index (χ1v) is 37.1. The lowest BCUT2D eigenvalue weighted by Gasteiger charge is -2.16. The van der Waals surface area contributed by atoms with Crippen molar-refractivity contribution in [1.82, 2.24) is 25.0 Å². The number of benzene rings is 6. The van der Waals surface area contributed by atoms with Gasteiger partial charge in [-0.25, -0.2) is 0 Å². The van der Waals surface area contributed by atoms with Crippen LogP contribution in [0.3, 0.4) is 0 Å². The van der Waals surface area contributed by atoms with Crippen LogP contribution in [0, 0.1) is 0 Å². The van der Waals surface area contributed by atoms with Gasteiger partial charge in [0.25, 0.3) is 0 Å². The summed E-state index contributed by atoms with van der Waals surface area (Å²) in [4.78, 5) is 0. The topological polar surface area (TPSA) is 78.0 Å². The van der Waals surface area contributed by atoms with Crippen molar-refractivity contribution in [3.63, 3.8) is 0 Å². The third-order valence-corrected chi connectivity index (χ3v) is 14.5. The van der Waals surface area contributed by atoms with Gasteiger partial charge in [0.2, 0.25) is 0 Å². The monoisotopic (exact) mass is 1320 g/mol. The van der Waals surface area contributed by atoms with Crippen LogP contribution in [0.15, 0.2) is 129 Å². The molecular formula is C86H148N10. The van der Waals surface area contributed by atoms with Crippen molar-refractivity contribution in [1.29, 1.82) is 0 Å². The normalized spacial score (nSPS) is 10.7. The molecule has 0 aliphatic rings. The van der Waals surface area contributed by atoms with Gasteiger partial charge in [-0.2, -0.15) is 25.5 Å². The van der Waals surface area contributed by atoms with E-state index in [1.165, 1.54) is 94.2 Å². The largest absolute Gasteiger partial charge is 0.303 e. The van der Waals surface area contributed by atoms with Crippen LogP contribution in [0.1, 0.15) is 270 Å². The first-order valence-electron chi connectivity index (χ1n) is 37.1. The second-order valence-electron chi connectivity index (χ2n) is 22.3. The maximum Gasteiger partial charge on any atom is 0.0649 e. The quantitative estimate of drug-likeness (QED) is 0.0562. The molecule has 10 heteroatoms. The van der Waals surface area contributed by atoms with E-state index in [2.05, 4.69) is 232 Å². The van der Waals surface area contributed by atoms with Gasteiger partial charge in [-0.05, 0) is 189 Å². The first-order chi connectivity index (χ1) is 45.9. The molecule has 6 aromatic rings. The average molecular weight is 1320 g/mol. The van der Waals surface area contributed by atoms with Crippen LogP contribution < -0.4 is 0 Å². The summed E-state index contributed by atoms with van der Waals surface area (Å²) in [5.74, 6) is 0. The molecule has 0 N–H and O–H groups in total. The van der Waals surface area contributed by atoms with E-state index < -0.39 is 0 Å². The van der Waals surface area contributed by atoms with Crippen molar-refractivity contribution in [3.8, 4) is 0 Å². The molecule has 0 aromatic heterocycles. The summed E-state index contributed by atoms with van der Waals surface area (Å²) < 4.78 is 0. The molecule has 0 radical (unpaired) electrons. The minimum atomic E-state index is 1.03. The molecule has 6 rings (SSSR count). The summed E-state index contributed by atoms with van der Waals surface area (Å²) >= 11 is 0. The summed E-state index contributed by atoms with van der Waals surface area (Å²) in [6.45, 7) is 56.4. The van der Waals surface area contributed by atoms with Crippen LogP contribution in [0.5, 0.6) is 0 Å². The molecule has 0 aliphatic heterocycles. The summed E-state index contributed by atoms with van der Waals surface area (Å²) in [6.07, 6.45) is 10.7. The Kier molecular flexibility index (Phi) is 60.2. The molecule has 96 heavy (non-hydrogen) atoms. The second kappa shape index (κ2) is 59.2. The van der Waals surface area contributed by atoms with E-state index in [4.69, 9.17) is 0 Å². The van der Waals surface area contributed by atoms with Gasteiger partial charge in [0, 0.05) is 92.7 Å². The zero-order valence-electron chi connectivity index (χ0n) is 69.4. The van der Waals surface area contributed by atoms with Crippen LogP contribution >= 0.6 is 0 Å². The molecule has 542 valence electrons. The summed E-state index contributed by atoms with van der Waals surface area (Å²) in [7, 11) is 19.6. The molecule has 0 aliphatic carbocycles. The fourth-order valence-electron chi connectivity index (χ4n) is 10.4. The molecule has 0 amide bonds. The van der Waals surface area contributed by atoms with Crippen molar-refractivity contribution in [2.45, 2.75) is 251 Å². The van der Waals surface area contributed by atoms with Gasteiger partial charge in [0.1, 0.15) is 0 Å². The lowest BCUT2D eigenvalue weighted by atomic mass is 9.90. The average Bonchev–Trinajstić information content (AvgIpc) is 0.792. The van der Waals surface area contributed by atoms with E-state index in [0.29, 0.717) is 0 Å². The van der Waals surface area contributed by atoms with E-state index in [-0.39, 0.29) is 0 Å². The van der Waals surface area contributed by atoms with Crippen molar-refractivity contribution >= 4 is 39.3 Å². The Bertz CT molecular complexity index is 3020. The molecule has 10 nitrogen and oxygen atoms in total. The predicted molar refractivity (Wildman–Crippen MR) is 441 cm³/mol. The Morgan fingerprint density at radius 2 is 0.573 bits per heavy atom. The molecule has 0 bridgehead atoms. The van der Waals surface area contributed by atoms with Gasteiger partial charge >= 0.3 is 0 Å². The number of nitrogens with zero attached hydrogens (tertiary/aromatic N) is 10. The zero-order chi connectivity index (χ0) is 75.2. The lowest BCUT2D eigenvalue weighted by molar-refractivity contribution is 0.437. The fraction of sp³-hybridized carbons (Fsp3) is 0.547. The summed E-state index contributed by atoms with van der Waals surface area (Å²) in [6, 6.07) is 37.7. The molecule has 0 heterocycles. The Balaban J connectivity index is -0.000000346. The molecule has 0 atom stereocenters. The number of hydrazone groups is 5. The van der Waals surface area contributed by atoms with Crippen LogP contribution in [0.2, 0.25) is 0 Å². The van der Waals surface area contributed by atoms with Gasteiger partial charge in [0.05, 0.1) is 28.6 Å². The third kappa shape index (κ3) is 36.9. The third-order valence-electron chi connectivity index (χ3n) is 14.5. The fourth-order valence-corrected chi connectivity index (χ4v) is 10.4. The van der Waals surface area contributed by atoms with Gasteiger partial charge in [-0.1, -0.05) is 237 Å². The van der Waals surface area contributed by atoms with Crippen LogP contribution in [-0.2, 0) is 64.2 Å². The van der Waals surface area contributed by atoms with Gasteiger partial charge < -0.3 is 25.0 Å². The highest BCUT2D eigenvalue weighted by atomic mass is 15.4. The number of aryl methyl sites for hydroxylation is 9. The molecule has 0 spiro atoms. The highest BCUT2D eigenvalue weighted by Gasteiger charge is 2.14. The second-order valence-corrected chi connectivity index (χ2v) is 22.3.